The quantitative estimate of drug-likeness (QED) is 0.130. The van der Waals surface area contributed by atoms with Crippen LogP contribution in [0.3, 0.4) is 0 Å². The number of carbonyl (C=O) groups is 4. The number of fused-ring (bicyclic) bond motifs is 1. The SMILES string of the molecule is COCC(NC(=O)OC)C(=O)N1CCCC1c1nc2ccc(-c3cnc(-c4ccc(-c5cnc(C6CCCN6C(=O)C(NC(=O)OC)C(C)C)[nH]5)cc4)cn3)cc2[nH]1. The van der Waals surface area contributed by atoms with Crippen LogP contribution in [0.25, 0.3) is 44.8 Å². The second kappa shape index (κ2) is 17.4. The van der Waals surface area contributed by atoms with Crippen LogP contribution in [0.5, 0.6) is 0 Å². The molecule has 2 fully saturated rings. The number of hydrogen-bond donors (Lipinski definition) is 4. The van der Waals surface area contributed by atoms with E-state index in [1.807, 2.05) is 56.3 Å². The molecule has 4 N–H and O–H groups in total. The van der Waals surface area contributed by atoms with Crippen LogP contribution in [0.2, 0.25) is 0 Å². The third-order valence-corrected chi connectivity index (χ3v) is 10.7. The van der Waals surface area contributed by atoms with Gasteiger partial charge in [-0.05, 0) is 49.3 Å². The zero-order valence-electron chi connectivity index (χ0n) is 33.2. The van der Waals surface area contributed by atoms with Crippen LogP contribution in [0, 0.1) is 5.92 Å². The van der Waals surface area contributed by atoms with Gasteiger partial charge in [-0.1, -0.05) is 44.2 Å². The fourth-order valence-corrected chi connectivity index (χ4v) is 7.70. The average molecular weight is 793 g/mol. The molecular formula is C41H48N10O7. The maximum absolute atomic E-state index is 13.5. The number of rotatable bonds is 12. The molecule has 2 aromatic carbocycles. The lowest BCUT2D eigenvalue weighted by Gasteiger charge is -2.30. The van der Waals surface area contributed by atoms with E-state index in [0.717, 1.165) is 59.1 Å². The summed E-state index contributed by atoms with van der Waals surface area (Å²) in [4.78, 5) is 80.1. The fourth-order valence-electron chi connectivity index (χ4n) is 7.70. The molecule has 0 aliphatic carbocycles. The zero-order chi connectivity index (χ0) is 40.9. The lowest BCUT2D eigenvalue weighted by molar-refractivity contribution is -0.136. The van der Waals surface area contributed by atoms with Crippen molar-refractivity contribution >= 4 is 35.0 Å². The predicted octanol–water partition coefficient (Wildman–Crippen LogP) is 5.16. The van der Waals surface area contributed by atoms with E-state index in [1.165, 1.54) is 21.3 Å². The first-order valence-corrected chi connectivity index (χ1v) is 19.3. The number of H-pyrrole nitrogens is 2. The number of amides is 4. The summed E-state index contributed by atoms with van der Waals surface area (Å²) in [5.41, 5.74) is 6.48. The van der Waals surface area contributed by atoms with Gasteiger partial charge in [-0.2, -0.15) is 0 Å². The Hall–Kier alpha value is -6.36. The Labute approximate surface area is 335 Å². The third-order valence-electron chi connectivity index (χ3n) is 10.7. The van der Waals surface area contributed by atoms with E-state index in [4.69, 9.17) is 29.2 Å². The number of nitrogens with zero attached hydrogens (tertiary/aromatic N) is 6. The van der Waals surface area contributed by atoms with Crippen LogP contribution in [-0.4, -0.2) is 117 Å². The number of hydrogen-bond acceptors (Lipinski definition) is 11. The Morgan fingerprint density at radius 2 is 1.34 bits per heavy atom. The van der Waals surface area contributed by atoms with Crippen molar-refractivity contribution in [3.05, 3.63) is 72.7 Å². The molecule has 4 unspecified atom stereocenters. The molecule has 4 atom stereocenters. The van der Waals surface area contributed by atoms with Gasteiger partial charge in [-0.15, -0.1) is 0 Å². The van der Waals surface area contributed by atoms with Crippen molar-refractivity contribution in [1.29, 1.82) is 0 Å². The molecule has 3 aromatic heterocycles. The highest BCUT2D eigenvalue weighted by Crippen LogP contribution is 2.35. The normalized spacial score (nSPS) is 17.7. The minimum absolute atomic E-state index is 0.0170. The summed E-state index contributed by atoms with van der Waals surface area (Å²) < 4.78 is 14.6. The predicted molar refractivity (Wildman–Crippen MR) is 213 cm³/mol. The second-order valence-electron chi connectivity index (χ2n) is 14.8. The van der Waals surface area contributed by atoms with Crippen molar-refractivity contribution in [2.45, 2.75) is 63.7 Å². The molecule has 2 aliphatic heterocycles. The number of nitrogens with one attached hydrogen (secondary N) is 4. The summed E-state index contributed by atoms with van der Waals surface area (Å²) in [5, 5.41) is 5.26. The topological polar surface area (TPSA) is 210 Å². The fraction of sp³-hybridized carbons (Fsp3) is 0.415. The van der Waals surface area contributed by atoms with Gasteiger partial charge in [0.15, 0.2) is 0 Å². The van der Waals surface area contributed by atoms with Crippen molar-refractivity contribution in [3.63, 3.8) is 0 Å². The Morgan fingerprint density at radius 3 is 1.98 bits per heavy atom. The second-order valence-corrected chi connectivity index (χ2v) is 14.8. The third kappa shape index (κ3) is 8.34. The van der Waals surface area contributed by atoms with E-state index in [-0.39, 0.29) is 36.4 Å². The van der Waals surface area contributed by atoms with Crippen molar-refractivity contribution < 1.29 is 33.4 Å². The van der Waals surface area contributed by atoms with E-state index in [1.54, 1.807) is 28.4 Å². The van der Waals surface area contributed by atoms with Crippen LogP contribution in [0.1, 0.15) is 63.3 Å². The maximum atomic E-state index is 13.5. The van der Waals surface area contributed by atoms with Gasteiger partial charge in [0.2, 0.25) is 11.8 Å². The maximum Gasteiger partial charge on any atom is 0.407 e. The number of ether oxygens (including phenoxy) is 3. The lowest BCUT2D eigenvalue weighted by atomic mass is 10.0. The van der Waals surface area contributed by atoms with Gasteiger partial charge in [-0.25, -0.2) is 19.6 Å². The molecule has 5 heterocycles. The summed E-state index contributed by atoms with van der Waals surface area (Å²) in [7, 11) is 4.01. The number of aromatic amines is 2. The average Bonchev–Trinajstić information content (AvgIpc) is 4.08. The molecule has 0 radical (unpaired) electrons. The molecule has 7 rings (SSSR count). The summed E-state index contributed by atoms with van der Waals surface area (Å²) in [6, 6.07) is 11.7. The number of imidazole rings is 2. The number of methoxy groups -OCH3 is 3. The van der Waals surface area contributed by atoms with Gasteiger partial charge in [0.05, 0.1) is 79.6 Å². The Balaban J connectivity index is 1.01. The summed E-state index contributed by atoms with van der Waals surface area (Å²) in [6.07, 6.45) is 7.05. The first-order valence-electron chi connectivity index (χ1n) is 19.3. The molecule has 5 aromatic rings. The standard InChI is InChI=1S/C41H48N10O7/c1-23(2)35(49-41(55)58-5)39(53)51-17-6-8-33(51)36-44-21-31(47-36)25-12-10-24(11-13-25)29-19-43-30(20-42-29)26-14-15-27-28(18-26)46-37(45-27)34-9-7-16-50(34)38(52)32(22-56-3)48-40(54)57-4/h10-15,18-21,23,32-35H,6-9,16-17,22H2,1-5H3,(H,44,47)(H,45,46)(H,48,54)(H,49,55). The Kier molecular flexibility index (Phi) is 12.0. The Morgan fingerprint density at radius 1 is 0.741 bits per heavy atom. The van der Waals surface area contributed by atoms with Gasteiger partial charge in [-0.3, -0.25) is 19.6 Å². The minimum atomic E-state index is -0.880. The van der Waals surface area contributed by atoms with E-state index in [2.05, 4.69) is 25.6 Å². The van der Waals surface area contributed by atoms with Gasteiger partial charge in [0.1, 0.15) is 23.7 Å². The molecule has 304 valence electrons. The molecule has 58 heavy (non-hydrogen) atoms. The van der Waals surface area contributed by atoms with Crippen LogP contribution in [0.4, 0.5) is 9.59 Å². The number of benzene rings is 2. The lowest BCUT2D eigenvalue weighted by Crippen LogP contribution is -2.51. The molecule has 2 saturated heterocycles. The van der Waals surface area contributed by atoms with Crippen LogP contribution in [0.15, 0.2) is 61.1 Å². The highest BCUT2D eigenvalue weighted by molar-refractivity contribution is 5.87. The van der Waals surface area contributed by atoms with E-state index >= 15 is 0 Å². The zero-order valence-corrected chi connectivity index (χ0v) is 33.2. The summed E-state index contributed by atoms with van der Waals surface area (Å²) in [6.45, 7) is 4.91. The van der Waals surface area contributed by atoms with Crippen molar-refractivity contribution in [3.8, 4) is 33.8 Å². The largest absolute Gasteiger partial charge is 0.453 e. The van der Waals surface area contributed by atoms with E-state index in [0.29, 0.717) is 36.1 Å². The Bertz CT molecular complexity index is 2250. The molecule has 17 heteroatoms. The van der Waals surface area contributed by atoms with Crippen molar-refractivity contribution in [2.75, 3.05) is 41.0 Å². The number of carbonyl (C=O) groups excluding carboxylic acids is 4. The van der Waals surface area contributed by atoms with E-state index in [9.17, 15) is 19.2 Å². The highest BCUT2D eigenvalue weighted by Gasteiger charge is 2.38. The van der Waals surface area contributed by atoms with Gasteiger partial charge >= 0.3 is 12.2 Å². The smallest absolute Gasteiger partial charge is 0.407 e. The highest BCUT2D eigenvalue weighted by atomic mass is 16.5. The van der Waals surface area contributed by atoms with Gasteiger partial charge in [0.25, 0.3) is 0 Å². The molecular weight excluding hydrogens is 745 g/mol. The molecule has 17 nitrogen and oxygen atoms in total. The molecule has 0 bridgehead atoms. The summed E-state index contributed by atoms with van der Waals surface area (Å²) >= 11 is 0. The summed E-state index contributed by atoms with van der Waals surface area (Å²) in [5.74, 6) is 0.844. The van der Waals surface area contributed by atoms with Crippen molar-refractivity contribution in [2.24, 2.45) is 5.92 Å². The molecule has 0 saturated carbocycles. The van der Waals surface area contributed by atoms with Crippen molar-refractivity contribution in [1.82, 2.24) is 50.3 Å². The number of alkyl carbamates (subject to hydrolysis) is 2. The van der Waals surface area contributed by atoms with Gasteiger partial charge < -0.3 is 44.6 Å². The minimum Gasteiger partial charge on any atom is -0.453 e. The van der Waals surface area contributed by atoms with Crippen LogP contribution in [-0.2, 0) is 23.8 Å². The van der Waals surface area contributed by atoms with E-state index < -0.39 is 24.3 Å². The number of aromatic nitrogens is 6. The molecule has 2 aliphatic rings. The van der Waals surface area contributed by atoms with Gasteiger partial charge in [0, 0.05) is 31.3 Å². The van der Waals surface area contributed by atoms with Crippen LogP contribution < -0.4 is 10.6 Å². The molecule has 4 amide bonds. The first-order chi connectivity index (χ1) is 28.1. The molecule has 0 spiro atoms. The van der Waals surface area contributed by atoms with Crippen LogP contribution >= 0.6 is 0 Å². The monoisotopic (exact) mass is 792 g/mol. The number of likely N-dealkylation sites (tertiary alicyclic amines) is 2. The first kappa shape index (κ1) is 39.9.